The molecule has 0 amide bonds. The largest absolute Gasteiger partial charge is 0.484 e. The van der Waals surface area contributed by atoms with Gasteiger partial charge in [0.05, 0.1) is 34.0 Å². The number of rotatable bonds is 9. The zero-order valence-electron chi connectivity index (χ0n) is 22.3. The van der Waals surface area contributed by atoms with Crippen molar-refractivity contribution in [3.8, 4) is 5.75 Å². The molecule has 0 aliphatic carbocycles. The highest BCUT2D eigenvalue weighted by atomic mass is 32.1. The van der Waals surface area contributed by atoms with E-state index in [0.717, 1.165) is 17.4 Å². The van der Waals surface area contributed by atoms with Gasteiger partial charge in [0.25, 0.3) is 0 Å². The summed E-state index contributed by atoms with van der Waals surface area (Å²) in [6.45, 7) is 8.53. The van der Waals surface area contributed by atoms with Gasteiger partial charge in [0.2, 0.25) is 0 Å². The third kappa shape index (κ3) is 7.66. The molecule has 0 fully saturated rings. The van der Waals surface area contributed by atoms with E-state index in [0.29, 0.717) is 21.9 Å². The lowest BCUT2D eigenvalue weighted by Crippen LogP contribution is -2.22. The number of nitrogen functional groups attached to an aromatic ring is 1. The normalized spacial score (nSPS) is 12.5. The number of benzene rings is 2. The minimum Gasteiger partial charge on any atom is -0.484 e. The average Bonchev–Trinajstić information content (AvgIpc) is 3.25. The van der Waals surface area contributed by atoms with Crippen molar-refractivity contribution < 1.29 is 37.0 Å². The van der Waals surface area contributed by atoms with Crippen LogP contribution < -0.4 is 15.8 Å². The van der Waals surface area contributed by atoms with Gasteiger partial charge in [0.1, 0.15) is 18.5 Å². The van der Waals surface area contributed by atoms with Crippen LogP contribution in [0.3, 0.4) is 0 Å². The maximum Gasteiger partial charge on any atom is 0.416 e. The molecule has 7 nitrogen and oxygen atoms in total. The van der Waals surface area contributed by atoms with Crippen molar-refractivity contribution in [1.82, 2.24) is 0 Å². The number of anilines is 3. The molecule has 11 heteroatoms. The lowest BCUT2D eigenvalue weighted by molar-refractivity contribution is -0.154. The van der Waals surface area contributed by atoms with E-state index in [4.69, 9.17) is 19.9 Å². The molecule has 0 unspecified atom stereocenters. The summed E-state index contributed by atoms with van der Waals surface area (Å²) in [5.41, 5.74) is 6.15. The topological polar surface area (TPSA) is 99.9 Å². The molecule has 1 aromatic heterocycles. The molecular weight excluding hydrogens is 533 g/mol. The van der Waals surface area contributed by atoms with E-state index < -0.39 is 29.2 Å². The molecular formula is C28H31F3N2O5S. The number of carbonyl (C=O) groups is 2. The summed E-state index contributed by atoms with van der Waals surface area (Å²) in [4.78, 5) is 24.9. The van der Waals surface area contributed by atoms with Gasteiger partial charge in [-0.3, -0.25) is 4.79 Å². The minimum atomic E-state index is -4.57. The Morgan fingerprint density at radius 3 is 2.38 bits per heavy atom. The molecule has 3 aromatic rings. The monoisotopic (exact) mass is 564 g/mol. The van der Waals surface area contributed by atoms with Crippen LogP contribution in [0.5, 0.6) is 5.75 Å². The fourth-order valence-corrected chi connectivity index (χ4v) is 4.42. The Kier molecular flexibility index (Phi) is 9.16. The second-order valence-corrected chi connectivity index (χ2v) is 10.8. The summed E-state index contributed by atoms with van der Waals surface area (Å²) >= 11 is 1.01. The zero-order chi connectivity index (χ0) is 29.0. The SMILES string of the molecule is CCOC(=O)c1sc(Nc2cc(COC(=O)C(C)(C)C)ccc2N)cc1O[C@H](C)c1ccccc1C(F)(F)F. The summed E-state index contributed by atoms with van der Waals surface area (Å²) in [5.74, 6) is -0.953. The number of alkyl halides is 3. The molecule has 0 saturated carbocycles. The fraction of sp³-hybridized carbons (Fsp3) is 0.357. The van der Waals surface area contributed by atoms with Crippen molar-refractivity contribution in [3.63, 3.8) is 0 Å². The van der Waals surface area contributed by atoms with Crippen LogP contribution in [0, 0.1) is 5.41 Å². The van der Waals surface area contributed by atoms with Gasteiger partial charge in [-0.1, -0.05) is 24.3 Å². The van der Waals surface area contributed by atoms with E-state index in [2.05, 4.69) is 5.32 Å². The van der Waals surface area contributed by atoms with Crippen LogP contribution in [0.4, 0.5) is 29.5 Å². The number of thiophene rings is 1. The number of hydrogen-bond acceptors (Lipinski definition) is 8. The van der Waals surface area contributed by atoms with Gasteiger partial charge in [0.15, 0.2) is 4.88 Å². The van der Waals surface area contributed by atoms with Crippen LogP contribution >= 0.6 is 11.3 Å². The van der Waals surface area contributed by atoms with Gasteiger partial charge in [-0.05, 0) is 58.4 Å². The Bertz CT molecular complexity index is 1330. The van der Waals surface area contributed by atoms with E-state index >= 15 is 0 Å². The number of nitrogens with two attached hydrogens (primary N) is 1. The molecule has 1 atom stereocenters. The minimum absolute atomic E-state index is 0.0358. The lowest BCUT2D eigenvalue weighted by Gasteiger charge is -2.19. The third-order valence-electron chi connectivity index (χ3n) is 5.52. The maximum absolute atomic E-state index is 13.6. The molecule has 0 saturated heterocycles. The van der Waals surface area contributed by atoms with Crippen molar-refractivity contribution in [2.24, 2.45) is 5.41 Å². The number of carbonyl (C=O) groups excluding carboxylic acids is 2. The summed E-state index contributed by atoms with van der Waals surface area (Å²) in [6, 6.07) is 11.7. The van der Waals surface area contributed by atoms with E-state index in [1.54, 1.807) is 45.9 Å². The van der Waals surface area contributed by atoms with Gasteiger partial charge in [0, 0.05) is 11.6 Å². The first-order chi connectivity index (χ1) is 18.2. The molecule has 39 heavy (non-hydrogen) atoms. The number of halogens is 3. The van der Waals surface area contributed by atoms with Gasteiger partial charge in [-0.25, -0.2) is 4.79 Å². The molecule has 3 rings (SSSR count). The smallest absolute Gasteiger partial charge is 0.416 e. The van der Waals surface area contributed by atoms with Crippen LogP contribution in [0.2, 0.25) is 0 Å². The van der Waals surface area contributed by atoms with Crippen LogP contribution in [0.15, 0.2) is 48.5 Å². The molecule has 0 aliphatic heterocycles. The Labute approximate surface area is 229 Å². The van der Waals surface area contributed by atoms with E-state index in [-0.39, 0.29) is 35.4 Å². The van der Waals surface area contributed by atoms with E-state index in [9.17, 15) is 22.8 Å². The third-order valence-corrected chi connectivity index (χ3v) is 6.54. The number of esters is 2. The van der Waals surface area contributed by atoms with Crippen molar-refractivity contribution in [1.29, 1.82) is 0 Å². The summed E-state index contributed by atoms with van der Waals surface area (Å²) < 4.78 is 57.0. The van der Waals surface area contributed by atoms with Crippen LogP contribution in [0.25, 0.3) is 0 Å². The highest BCUT2D eigenvalue weighted by Crippen LogP contribution is 2.41. The van der Waals surface area contributed by atoms with E-state index in [1.165, 1.54) is 31.2 Å². The fourth-order valence-electron chi connectivity index (χ4n) is 3.53. The Morgan fingerprint density at radius 2 is 1.74 bits per heavy atom. The summed E-state index contributed by atoms with van der Waals surface area (Å²) in [6.07, 6.45) is -5.59. The molecule has 210 valence electrons. The highest BCUT2D eigenvalue weighted by molar-refractivity contribution is 7.18. The summed E-state index contributed by atoms with van der Waals surface area (Å²) in [5, 5.41) is 3.57. The zero-order valence-corrected chi connectivity index (χ0v) is 23.1. The van der Waals surface area contributed by atoms with Crippen LogP contribution in [-0.2, 0) is 27.1 Å². The van der Waals surface area contributed by atoms with Crippen molar-refractivity contribution in [3.05, 3.63) is 70.1 Å². The van der Waals surface area contributed by atoms with Gasteiger partial charge in [-0.2, -0.15) is 13.2 Å². The second kappa shape index (κ2) is 12.0. The molecule has 0 aliphatic rings. The Morgan fingerprint density at radius 1 is 1.05 bits per heavy atom. The first-order valence-electron chi connectivity index (χ1n) is 12.2. The molecule has 3 N–H and O–H groups in total. The lowest BCUT2D eigenvalue weighted by atomic mass is 9.97. The molecule has 0 bridgehead atoms. The first-order valence-corrected chi connectivity index (χ1v) is 13.0. The standard InChI is InChI=1S/C28H31F3N2O5S/c1-6-36-25(34)24-22(38-16(2)18-9-7-8-10-19(18)28(29,30)31)14-23(39-24)33-21-13-17(11-12-20(21)32)15-37-26(35)27(3,4)5/h7-14,16,33H,6,15,32H2,1-5H3/t16-/m1/s1. The Hall–Kier alpha value is -3.73. The van der Waals surface area contributed by atoms with Crippen molar-refractivity contribution in [2.45, 2.75) is 53.5 Å². The number of ether oxygens (including phenoxy) is 3. The van der Waals surface area contributed by atoms with Crippen molar-refractivity contribution >= 4 is 39.7 Å². The summed E-state index contributed by atoms with van der Waals surface area (Å²) in [7, 11) is 0. The van der Waals surface area contributed by atoms with Gasteiger partial charge < -0.3 is 25.3 Å². The van der Waals surface area contributed by atoms with Crippen LogP contribution in [-0.4, -0.2) is 18.5 Å². The predicted molar refractivity (Wildman–Crippen MR) is 144 cm³/mol. The molecule has 0 spiro atoms. The Balaban J connectivity index is 1.88. The number of hydrogen-bond donors (Lipinski definition) is 2. The van der Waals surface area contributed by atoms with Crippen LogP contribution in [0.1, 0.15) is 67.1 Å². The van der Waals surface area contributed by atoms with Gasteiger partial charge >= 0.3 is 18.1 Å². The van der Waals surface area contributed by atoms with Crippen molar-refractivity contribution in [2.75, 3.05) is 17.7 Å². The molecule has 0 radical (unpaired) electrons. The van der Waals surface area contributed by atoms with E-state index in [1.807, 2.05) is 0 Å². The molecule has 1 heterocycles. The maximum atomic E-state index is 13.6. The predicted octanol–water partition coefficient (Wildman–Crippen LogP) is 7.50. The average molecular weight is 565 g/mol. The quantitative estimate of drug-likeness (QED) is 0.205. The highest BCUT2D eigenvalue weighted by Gasteiger charge is 2.35. The van der Waals surface area contributed by atoms with Gasteiger partial charge in [-0.15, -0.1) is 11.3 Å². The number of nitrogens with one attached hydrogen (secondary N) is 1. The first kappa shape index (κ1) is 29.8. The molecule has 2 aromatic carbocycles. The second-order valence-electron chi connectivity index (χ2n) is 9.74.